The number of carboxylic acid groups (broad SMARTS) is 1. The van der Waals surface area contributed by atoms with Gasteiger partial charge in [-0.15, -0.1) is 0 Å². The lowest BCUT2D eigenvalue weighted by atomic mass is 9.87. The van der Waals surface area contributed by atoms with Gasteiger partial charge in [-0.2, -0.15) is 0 Å². The number of carbonyl (C=O) groups excluding carboxylic acids is 1. The van der Waals surface area contributed by atoms with Gasteiger partial charge in [0.05, 0.1) is 0 Å². The number of benzene rings is 1. The van der Waals surface area contributed by atoms with Gasteiger partial charge in [0.25, 0.3) is 5.91 Å². The molecule has 0 aliphatic heterocycles. The number of carbonyl (C=O) groups is 2. The molecular weight excluding hydrogens is 294 g/mol. The van der Waals surface area contributed by atoms with E-state index in [4.69, 9.17) is 9.84 Å². The van der Waals surface area contributed by atoms with E-state index in [2.05, 4.69) is 26.1 Å². The van der Waals surface area contributed by atoms with Crippen molar-refractivity contribution in [2.24, 2.45) is 0 Å². The zero-order valence-corrected chi connectivity index (χ0v) is 14.6. The van der Waals surface area contributed by atoms with Gasteiger partial charge in [0.2, 0.25) is 0 Å². The third-order valence-electron chi connectivity index (χ3n) is 3.58. The number of hydrogen-bond acceptors (Lipinski definition) is 3. The summed E-state index contributed by atoms with van der Waals surface area (Å²) in [4.78, 5) is 22.6. The van der Waals surface area contributed by atoms with Crippen molar-refractivity contribution in [2.75, 3.05) is 0 Å². The molecule has 0 aliphatic rings. The monoisotopic (exact) mass is 321 g/mol. The van der Waals surface area contributed by atoms with E-state index in [0.717, 1.165) is 0 Å². The highest BCUT2D eigenvalue weighted by atomic mass is 16.5. The molecular formula is C18H27NO4. The zero-order chi connectivity index (χ0) is 17.6. The second-order valence-corrected chi connectivity index (χ2v) is 6.88. The third-order valence-corrected chi connectivity index (χ3v) is 3.58. The second kappa shape index (κ2) is 7.99. The van der Waals surface area contributed by atoms with Crippen molar-refractivity contribution in [1.82, 2.24) is 5.32 Å². The van der Waals surface area contributed by atoms with Gasteiger partial charge >= 0.3 is 5.97 Å². The van der Waals surface area contributed by atoms with Crippen molar-refractivity contribution in [1.29, 1.82) is 0 Å². The van der Waals surface area contributed by atoms with Crippen molar-refractivity contribution < 1.29 is 19.4 Å². The van der Waals surface area contributed by atoms with Crippen LogP contribution in [0.5, 0.6) is 5.75 Å². The fourth-order valence-corrected chi connectivity index (χ4v) is 2.06. The Labute approximate surface area is 138 Å². The second-order valence-electron chi connectivity index (χ2n) is 6.88. The van der Waals surface area contributed by atoms with E-state index < -0.39 is 12.1 Å². The number of rotatable bonds is 7. The lowest BCUT2D eigenvalue weighted by Crippen LogP contribution is -2.41. The molecule has 128 valence electrons. The molecule has 0 aromatic heterocycles. The van der Waals surface area contributed by atoms with Crippen molar-refractivity contribution in [2.45, 2.75) is 65.0 Å². The first-order chi connectivity index (χ1) is 10.6. The van der Waals surface area contributed by atoms with Gasteiger partial charge in [-0.3, -0.25) is 9.59 Å². The van der Waals surface area contributed by atoms with E-state index >= 15 is 0 Å². The number of aliphatic carboxylic acids is 1. The molecule has 0 fully saturated rings. The molecule has 0 bridgehead atoms. The summed E-state index contributed by atoms with van der Waals surface area (Å²) in [6.45, 7) is 9.87. The maximum atomic E-state index is 12.0. The molecule has 0 aliphatic carbocycles. The van der Waals surface area contributed by atoms with E-state index in [1.54, 1.807) is 13.8 Å². The SMILES string of the molecule is CC(CCC(=O)O)NC(=O)C(C)Oc1ccc(C(C)(C)C)cc1. The fraction of sp³-hybridized carbons (Fsp3) is 0.556. The van der Waals surface area contributed by atoms with Crippen LogP contribution in [-0.4, -0.2) is 29.1 Å². The normalized spacial score (nSPS) is 14.0. The van der Waals surface area contributed by atoms with Crippen LogP contribution in [-0.2, 0) is 15.0 Å². The van der Waals surface area contributed by atoms with Crippen LogP contribution in [0.4, 0.5) is 0 Å². The van der Waals surface area contributed by atoms with Gasteiger partial charge in [-0.05, 0) is 43.4 Å². The molecule has 0 saturated heterocycles. The zero-order valence-electron chi connectivity index (χ0n) is 14.6. The first kappa shape index (κ1) is 19.0. The molecule has 23 heavy (non-hydrogen) atoms. The van der Waals surface area contributed by atoms with Crippen LogP contribution in [0.15, 0.2) is 24.3 Å². The minimum absolute atomic E-state index is 0.0327. The van der Waals surface area contributed by atoms with Gasteiger partial charge < -0.3 is 15.2 Å². The minimum atomic E-state index is -0.866. The van der Waals surface area contributed by atoms with Gasteiger partial charge in [0.1, 0.15) is 5.75 Å². The molecule has 2 N–H and O–H groups in total. The van der Waals surface area contributed by atoms with Gasteiger partial charge in [0.15, 0.2) is 6.10 Å². The first-order valence-electron chi connectivity index (χ1n) is 7.89. The molecule has 2 unspecified atom stereocenters. The van der Waals surface area contributed by atoms with E-state index in [1.165, 1.54) is 5.56 Å². The van der Waals surface area contributed by atoms with E-state index in [-0.39, 0.29) is 23.8 Å². The molecule has 1 aromatic carbocycles. The van der Waals surface area contributed by atoms with Crippen LogP contribution in [0.3, 0.4) is 0 Å². The third kappa shape index (κ3) is 6.72. The number of ether oxygens (including phenoxy) is 1. The lowest BCUT2D eigenvalue weighted by Gasteiger charge is -2.21. The Bertz CT molecular complexity index is 531. The summed E-state index contributed by atoms with van der Waals surface area (Å²) < 4.78 is 5.64. The molecule has 1 rings (SSSR count). The highest BCUT2D eigenvalue weighted by molar-refractivity contribution is 5.81. The topological polar surface area (TPSA) is 75.6 Å². The van der Waals surface area contributed by atoms with Crippen LogP contribution >= 0.6 is 0 Å². The van der Waals surface area contributed by atoms with Crippen LogP contribution in [0, 0.1) is 0 Å². The molecule has 0 radical (unpaired) electrons. The summed E-state index contributed by atoms with van der Waals surface area (Å²) in [5, 5.41) is 11.4. The van der Waals surface area contributed by atoms with Gasteiger partial charge in [-0.1, -0.05) is 32.9 Å². The van der Waals surface area contributed by atoms with E-state index in [0.29, 0.717) is 12.2 Å². The Morgan fingerprint density at radius 3 is 2.22 bits per heavy atom. The lowest BCUT2D eigenvalue weighted by molar-refractivity contribution is -0.137. The quantitative estimate of drug-likeness (QED) is 0.809. The number of hydrogen-bond donors (Lipinski definition) is 2. The van der Waals surface area contributed by atoms with Crippen molar-refractivity contribution >= 4 is 11.9 Å². The van der Waals surface area contributed by atoms with Crippen molar-refractivity contribution in [3.63, 3.8) is 0 Å². The molecule has 1 aromatic rings. The molecule has 0 spiro atoms. The Balaban J connectivity index is 2.53. The van der Waals surface area contributed by atoms with Crippen LogP contribution in [0.1, 0.15) is 53.0 Å². The Morgan fingerprint density at radius 1 is 1.17 bits per heavy atom. The van der Waals surface area contributed by atoms with Crippen LogP contribution < -0.4 is 10.1 Å². The van der Waals surface area contributed by atoms with Crippen LogP contribution in [0.2, 0.25) is 0 Å². The Kier molecular flexibility index (Phi) is 6.61. The highest BCUT2D eigenvalue weighted by Crippen LogP contribution is 2.24. The summed E-state index contributed by atoms with van der Waals surface area (Å²) in [6.07, 6.45) is -0.207. The van der Waals surface area contributed by atoms with Gasteiger partial charge in [0, 0.05) is 12.5 Å². The minimum Gasteiger partial charge on any atom is -0.481 e. The van der Waals surface area contributed by atoms with Crippen LogP contribution in [0.25, 0.3) is 0 Å². The number of nitrogens with one attached hydrogen (secondary N) is 1. The Morgan fingerprint density at radius 2 is 1.74 bits per heavy atom. The molecule has 0 heterocycles. The average molecular weight is 321 g/mol. The molecule has 0 saturated carbocycles. The summed E-state index contributed by atoms with van der Waals surface area (Å²) in [6, 6.07) is 7.51. The summed E-state index contributed by atoms with van der Waals surface area (Å²) in [5.41, 5.74) is 1.27. The predicted molar refractivity (Wildman–Crippen MR) is 89.7 cm³/mol. The summed E-state index contributed by atoms with van der Waals surface area (Å²) in [7, 11) is 0. The molecule has 2 atom stereocenters. The van der Waals surface area contributed by atoms with E-state index in [1.807, 2.05) is 24.3 Å². The van der Waals surface area contributed by atoms with Crippen molar-refractivity contribution in [3.8, 4) is 5.75 Å². The number of carboxylic acids is 1. The number of amides is 1. The standard InChI is InChI=1S/C18H27NO4/c1-12(6-11-16(20)21)19-17(22)13(2)23-15-9-7-14(8-10-15)18(3,4)5/h7-10,12-13H,6,11H2,1-5H3,(H,19,22)(H,20,21). The first-order valence-corrected chi connectivity index (χ1v) is 7.89. The van der Waals surface area contributed by atoms with Crippen molar-refractivity contribution in [3.05, 3.63) is 29.8 Å². The van der Waals surface area contributed by atoms with E-state index in [9.17, 15) is 9.59 Å². The molecule has 1 amide bonds. The maximum absolute atomic E-state index is 12.0. The fourth-order valence-electron chi connectivity index (χ4n) is 2.06. The highest BCUT2D eigenvalue weighted by Gasteiger charge is 2.18. The molecule has 5 heteroatoms. The maximum Gasteiger partial charge on any atom is 0.303 e. The van der Waals surface area contributed by atoms with Gasteiger partial charge in [-0.25, -0.2) is 0 Å². The average Bonchev–Trinajstić information content (AvgIpc) is 2.44. The predicted octanol–water partition coefficient (Wildman–Crippen LogP) is 3.12. The molecule has 5 nitrogen and oxygen atoms in total. The summed E-state index contributed by atoms with van der Waals surface area (Å²) in [5.74, 6) is -0.476. The summed E-state index contributed by atoms with van der Waals surface area (Å²) >= 11 is 0. The largest absolute Gasteiger partial charge is 0.481 e. The Hall–Kier alpha value is -2.04. The smallest absolute Gasteiger partial charge is 0.303 e.